The van der Waals surface area contributed by atoms with E-state index in [2.05, 4.69) is 24.0 Å². The van der Waals surface area contributed by atoms with E-state index >= 15 is 0 Å². The molecule has 5 nitrogen and oxygen atoms in total. The molecule has 2 aromatic rings. The average molecular weight is 300 g/mol. The first-order valence-electron chi connectivity index (χ1n) is 7.36. The Bertz CT molecular complexity index is 626. The number of aromatic nitrogens is 1. The zero-order valence-corrected chi connectivity index (χ0v) is 12.9. The molecule has 0 spiro atoms. The van der Waals surface area contributed by atoms with Crippen molar-refractivity contribution in [1.29, 1.82) is 0 Å². The summed E-state index contributed by atoms with van der Waals surface area (Å²) in [5.41, 5.74) is 2.08. The Morgan fingerprint density at radius 3 is 2.68 bits per heavy atom. The van der Waals surface area contributed by atoms with E-state index in [4.69, 9.17) is 14.2 Å². The summed E-state index contributed by atoms with van der Waals surface area (Å²) in [5.74, 6) is 2.22. The first-order chi connectivity index (χ1) is 10.7. The van der Waals surface area contributed by atoms with Crippen molar-refractivity contribution in [3.63, 3.8) is 0 Å². The minimum atomic E-state index is 0.288. The van der Waals surface area contributed by atoms with E-state index in [1.54, 1.807) is 0 Å². The van der Waals surface area contributed by atoms with Crippen LogP contribution in [0.3, 0.4) is 0 Å². The second-order valence-electron chi connectivity index (χ2n) is 5.46. The van der Waals surface area contributed by atoms with Gasteiger partial charge in [0, 0.05) is 24.4 Å². The number of hydrogen-bond acceptors (Lipinski definition) is 5. The van der Waals surface area contributed by atoms with E-state index in [0.29, 0.717) is 12.5 Å². The lowest BCUT2D eigenvalue weighted by atomic mass is 10.1. The van der Waals surface area contributed by atoms with Crippen LogP contribution in [-0.4, -0.2) is 43.9 Å². The smallest absolute Gasteiger partial charge is 0.231 e. The lowest BCUT2D eigenvalue weighted by Crippen LogP contribution is -2.15. The summed E-state index contributed by atoms with van der Waals surface area (Å²) in [4.78, 5) is 6.50. The van der Waals surface area contributed by atoms with Crippen LogP contribution in [0.5, 0.6) is 17.4 Å². The molecule has 0 saturated carbocycles. The summed E-state index contributed by atoms with van der Waals surface area (Å²) in [6.07, 6.45) is 2.80. The third-order valence-corrected chi connectivity index (χ3v) is 3.44. The lowest BCUT2D eigenvalue weighted by Gasteiger charge is -2.10. The molecule has 0 bridgehead atoms. The number of rotatable bonds is 6. The van der Waals surface area contributed by atoms with Crippen LogP contribution in [0.4, 0.5) is 0 Å². The van der Waals surface area contributed by atoms with Crippen LogP contribution in [0.15, 0.2) is 36.5 Å². The Morgan fingerprint density at radius 1 is 1.09 bits per heavy atom. The molecule has 116 valence electrons. The van der Waals surface area contributed by atoms with Crippen molar-refractivity contribution < 1.29 is 14.2 Å². The van der Waals surface area contributed by atoms with Gasteiger partial charge in [0.15, 0.2) is 11.5 Å². The van der Waals surface area contributed by atoms with Crippen molar-refractivity contribution in [3.8, 4) is 28.5 Å². The van der Waals surface area contributed by atoms with Crippen LogP contribution >= 0.6 is 0 Å². The zero-order valence-electron chi connectivity index (χ0n) is 12.9. The minimum Gasteiger partial charge on any atom is -0.478 e. The van der Waals surface area contributed by atoms with Gasteiger partial charge in [0.2, 0.25) is 12.7 Å². The molecule has 0 radical (unpaired) electrons. The quantitative estimate of drug-likeness (QED) is 0.768. The molecule has 0 amide bonds. The average Bonchev–Trinajstić information content (AvgIpc) is 2.99. The summed E-state index contributed by atoms with van der Waals surface area (Å²) in [6.45, 7) is 1.97. The van der Waals surface area contributed by atoms with Crippen LogP contribution in [0.1, 0.15) is 6.42 Å². The highest BCUT2D eigenvalue weighted by atomic mass is 16.7. The highest BCUT2D eigenvalue weighted by Crippen LogP contribution is 2.35. The van der Waals surface area contributed by atoms with E-state index in [1.807, 2.05) is 36.5 Å². The van der Waals surface area contributed by atoms with Crippen molar-refractivity contribution in [2.24, 2.45) is 0 Å². The first-order valence-corrected chi connectivity index (χ1v) is 7.36. The molecular formula is C17H20N2O3. The summed E-state index contributed by atoms with van der Waals surface area (Å²) < 4.78 is 16.4. The Hall–Kier alpha value is -2.27. The molecule has 22 heavy (non-hydrogen) atoms. The van der Waals surface area contributed by atoms with Crippen molar-refractivity contribution in [2.75, 3.05) is 34.0 Å². The van der Waals surface area contributed by atoms with Crippen LogP contribution in [0.2, 0.25) is 0 Å². The molecular weight excluding hydrogens is 280 g/mol. The minimum absolute atomic E-state index is 0.288. The number of hydrogen-bond donors (Lipinski definition) is 0. The molecule has 0 atom stereocenters. The Kier molecular flexibility index (Phi) is 4.44. The third-order valence-electron chi connectivity index (χ3n) is 3.44. The molecule has 3 rings (SSSR count). The second kappa shape index (κ2) is 6.66. The number of benzene rings is 1. The lowest BCUT2D eigenvalue weighted by molar-refractivity contribution is 0.174. The molecule has 2 heterocycles. The fourth-order valence-electron chi connectivity index (χ4n) is 2.27. The van der Waals surface area contributed by atoms with Gasteiger partial charge < -0.3 is 19.1 Å². The summed E-state index contributed by atoms with van der Waals surface area (Å²) in [6, 6.07) is 9.80. The SMILES string of the molecule is CN(C)CCCOc1ccc(-c2ccc3c(c2)OCO3)cn1. The number of ether oxygens (including phenoxy) is 3. The molecule has 1 aliphatic heterocycles. The summed E-state index contributed by atoms with van der Waals surface area (Å²) in [7, 11) is 4.11. The maximum Gasteiger partial charge on any atom is 0.231 e. The zero-order chi connectivity index (χ0) is 15.4. The molecule has 0 aliphatic carbocycles. The van der Waals surface area contributed by atoms with Gasteiger partial charge >= 0.3 is 0 Å². The maximum absolute atomic E-state index is 5.64. The highest BCUT2D eigenvalue weighted by Gasteiger charge is 2.13. The van der Waals surface area contributed by atoms with Crippen molar-refractivity contribution in [1.82, 2.24) is 9.88 Å². The number of pyridine rings is 1. The summed E-state index contributed by atoms with van der Waals surface area (Å²) in [5, 5.41) is 0. The molecule has 1 aliphatic rings. The fourth-order valence-corrected chi connectivity index (χ4v) is 2.27. The second-order valence-corrected chi connectivity index (χ2v) is 5.46. The van der Waals surface area contributed by atoms with Gasteiger partial charge in [-0.15, -0.1) is 0 Å². The Balaban J connectivity index is 1.61. The summed E-state index contributed by atoms with van der Waals surface area (Å²) >= 11 is 0. The van der Waals surface area contributed by atoms with Gasteiger partial charge in [-0.2, -0.15) is 0 Å². The van der Waals surface area contributed by atoms with Crippen LogP contribution in [0.25, 0.3) is 11.1 Å². The van der Waals surface area contributed by atoms with Crippen molar-refractivity contribution in [2.45, 2.75) is 6.42 Å². The van der Waals surface area contributed by atoms with Crippen LogP contribution in [0, 0.1) is 0 Å². The van der Waals surface area contributed by atoms with Gasteiger partial charge in [-0.3, -0.25) is 0 Å². The molecule has 1 aromatic heterocycles. The predicted octanol–water partition coefficient (Wildman–Crippen LogP) is 2.81. The molecule has 1 aromatic carbocycles. The van der Waals surface area contributed by atoms with Gasteiger partial charge in [0.05, 0.1) is 6.61 Å². The van der Waals surface area contributed by atoms with Gasteiger partial charge in [-0.05, 0) is 44.3 Å². The Labute approximate surface area is 130 Å². The van der Waals surface area contributed by atoms with Crippen LogP contribution in [-0.2, 0) is 0 Å². The monoisotopic (exact) mass is 300 g/mol. The highest BCUT2D eigenvalue weighted by molar-refractivity contribution is 5.67. The van der Waals surface area contributed by atoms with E-state index in [1.165, 1.54) is 0 Å². The van der Waals surface area contributed by atoms with Gasteiger partial charge in [-0.25, -0.2) is 4.98 Å². The largest absolute Gasteiger partial charge is 0.478 e. The van der Waals surface area contributed by atoms with E-state index in [-0.39, 0.29) is 6.79 Å². The maximum atomic E-state index is 5.64. The Morgan fingerprint density at radius 2 is 1.91 bits per heavy atom. The topological polar surface area (TPSA) is 43.8 Å². The van der Waals surface area contributed by atoms with E-state index in [0.717, 1.165) is 35.6 Å². The standard InChI is InChI=1S/C17H20N2O3/c1-19(2)8-3-9-20-17-7-5-14(11-18-17)13-4-6-15-16(10-13)22-12-21-15/h4-7,10-11H,3,8-9,12H2,1-2H3. The fraction of sp³-hybridized carbons (Fsp3) is 0.353. The van der Waals surface area contributed by atoms with E-state index in [9.17, 15) is 0 Å². The number of fused-ring (bicyclic) bond motifs is 1. The van der Waals surface area contributed by atoms with E-state index < -0.39 is 0 Å². The van der Waals surface area contributed by atoms with Crippen molar-refractivity contribution >= 4 is 0 Å². The third kappa shape index (κ3) is 3.49. The molecule has 0 fully saturated rings. The van der Waals surface area contributed by atoms with Gasteiger partial charge in [0.25, 0.3) is 0 Å². The molecule has 5 heteroatoms. The molecule has 0 saturated heterocycles. The van der Waals surface area contributed by atoms with Gasteiger partial charge in [-0.1, -0.05) is 6.07 Å². The predicted molar refractivity (Wildman–Crippen MR) is 84.5 cm³/mol. The van der Waals surface area contributed by atoms with Crippen molar-refractivity contribution in [3.05, 3.63) is 36.5 Å². The van der Waals surface area contributed by atoms with Gasteiger partial charge in [0.1, 0.15) is 0 Å². The first kappa shape index (κ1) is 14.7. The molecule has 0 unspecified atom stereocenters. The van der Waals surface area contributed by atoms with Crippen LogP contribution < -0.4 is 14.2 Å². The normalized spacial score (nSPS) is 12.7. The number of nitrogens with zero attached hydrogens (tertiary/aromatic N) is 2. The molecule has 0 N–H and O–H groups in total.